The van der Waals surface area contributed by atoms with E-state index in [4.69, 9.17) is 0 Å². The first-order chi connectivity index (χ1) is 10.6. The van der Waals surface area contributed by atoms with Crippen LogP contribution in [0.1, 0.15) is 37.1 Å². The number of nitrogens with one attached hydrogen (secondary N) is 2. The average Bonchev–Trinajstić information content (AvgIpc) is 2.56. The molecular formula is C18H20N2O2. The van der Waals surface area contributed by atoms with Gasteiger partial charge in [0.25, 0.3) is 0 Å². The van der Waals surface area contributed by atoms with Crippen LogP contribution in [0.5, 0.6) is 0 Å². The SMILES string of the molecule is CC(NC(=O)C(=O)N[C@H](C)c1ccccc1)c1ccccc1. The van der Waals surface area contributed by atoms with Gasteiger partial charge in [-0.1, -0.05) is 60.7 Å². The Bertz CT molecular complexity index is 569. The molecule has 114 valence electrons. The minimum Gasteiger partial charge on any atom is -0.341 e. The zero-order valence-corrected chi connectivity index (χ0v) is 12.7. The third-order valence-electron chi connectivity index (χ3n) is 3.50. The summed E-state index contributed by atoms with van der Waals surface area (Å²) in [6.07, 6.45) is 0. The van der Waals surface area contributed by atoms with Crippen LogP contribution < -0.4 is 10.6 Å². The van der Waals surface area contributed by atoms with Gasteiger partial charge in [-0.2, -0.15) is 0 Å². The van der Waals surface area contributed by atoms with E-state index in [9.17, 15) is 9.59 Å². The number of rotatable bonds is 4. The molecule has 1 unspecified atom stereocenters. The molecule has 0 radical (unpaired) electrons. The number of hydrogen-bond donors (Lipinski definition) is 2. The molecule has 0 aliphatic heterocycles. The molecule has 0 saturated heterocycles. The van der Waals surface area contributed by atoms with Gasteiger partial charge >= 0.3 is 11.8 Å². The van der Waals surface area contributed by atoms with Crippen LogP contribution in [0.15, 0.2) is 60.7 Å². The van der Waals surface area contributed by atoms with Gasteiger partial charge in [0.1, 0.15) is 0 Å². The molecule has 0 heterocycles. The van der Waals surface area contributed by atoms with Crippen molar-refractivity contribution in [2.24, 2.45) is 0 Å². The van der Waals surface area contributed by atoms with Crippen LogP contribution in [0, 0.1) is 0 Å². The largest absolute Gasteiger partial charge is 0.341 e. The fourth-order valence-electron chi connectivity index (χ4n) is 2.17. The molecule has 4 nitrogen and oxygen atoms in total. The van der Waals surface area contributed by atoms with Crippen molar-refractivity contribution in [3.8, 4) is 0 Å². The first-order valence-electron chi connectivity index (χ1n) is 7.29. The van der Waals surface area contributed by atoms with E-state index in [0.29, 0.717) is 0 Å². The summed E-state index contributed by atoms with van der Waals surface area (Å²) in [6.45, 7) is 3.70. The summed E-state index contributed by atoms with van der Waals surface area (Å²) in [6, 6.07) is 18.6. The van der Waals surface area contributed by atoms with Gasteiger partial charge in [-0.15, -0.1) is 0 Å². The molecule has 2 aromatic carbocycles. The molecule has 0 spiro atoms. The van der Waals surface area contributed by atoms with Crippen LogP contribution in [0.25, 0.3) is 0 Å². The van der Waals surface area contributed by atoms with Crippen LogP contribution >= 0.6 is 0 Å². The van der Waals surface area contributed by atoms with Gasteiger partial charge in [0.2, 0.25) is 0 Å². The summed E-state index contributed by atoms with van der Waals surface area (Å²) in [5.74, 6) is -1.25. The standard InChI is InChI=1S/C18H20N2O2/c1-13(15-9-5-3-6-10-15)19-17(21)18(22)20-14(2)16-11-7-4-8-12-16/h3-14H,1-2H3,(H,19,21)(H,20,22)/t13-,14?/m1/s1. The Labute approximate surface area is 130 Å². The zero-order chi connectivity index (χ0) is 15.9. The van der Waals surface area contributed by atoms with Crippen molar-refractivity contribution in [2.45, 2.75) is 25.9 Å². The van der Waals surface area contributed by atoms with E-state index < -0.39 is 11.8 Å². The van der Waals surface area contributed by atoms with E-state index in [0.717, 1.165) is 11.1 Å². The number of carbonyl (C=O) groups is 2. The Hall–Kier alpha value is -2.62. The molecule has 2 aromatic rings. The minimum atomic E-state index is -0.626. The lowest BCUT2D eigenvalue weighted by molar-refractivity contribution is -0.140. The van der Waals surface area contributed by atoms with Gasteiger partial charge in [0.15, 0.2) is 0 Å². The molecule has 0 aliphatic rings. The summed E-state index contributed by atoms with van der Waals surface area (Å²) in [4.78, 5) is 23.9. The predicted molar refractivity (Wildman–Crippen MR) is 86.0 cm³/mol. The Morgan fingerprint density at radius 1 is 0.682 bits per heavy atom. The number of carbonyl (C=O) groups excluding carboxylic acids is 2. The predicted octanol–water partition coefficient (Wildman–Crippen LogP) is 2.74. The maximum absolute atomic E-state index is 12.0. The fourth-order valence-corrected chi connectivity index (χ4v) is 2.17. The van der Waals surface area contributed by atoms with E-state index >= 15 is 0 Å². The Morgan fingerprint density at radius 2 is 1.00 bits per heavy atom. The molecule has 0 saturated carbocycles. The lowest BCUT2D eigenvalue weighted by Gasteiger charge is -2.17. The maximum Gasteiger partial charge on any atom is 0.309 e. The number of amides is 2. The van der Waals surface area contributed by atoms with E-state index in [1.54, 1.807) is 0 Å². The van der Waals surface area contributed by atoms with Gasteiger partial charge < -0.3 is 10.6 Å². The van der Waals surface area contributed by atoms with Crippen molar-refractivity contribution in [1.82, 2.24) is 10.6 Å². The van der Waals surface area contributed by atoms with Crippen molar-refractivity contribution in [3.05, 3.63) is 71.8 Å². The van der Waals surface area contributed by atoms with E-state index in [2.05, 4.69) is 10.6 Å². The highest BCUT2D eigenvalue weighted by Gasteiger charge is 2.19. The van der Waals surface area contributed by atoms with Crippen LogP contribution in [0.4, 0.5) is 0 Å². The molecule has 0 aromatic heterocycles. The zero-order valence-electron chi connectivity index (χ0n) is 12.7. The summed E-state index contributed by atoms with van der Waals surface area (Å²) in [7, 11) is 0. The molecule has 0 bridgehead atoms. The van der Waals surface area contributed by atoms with Crippen molar-refractivity contribution in [1.29, 1.82) is 0 Å². The Kier molecular flexibility index (Phi) is 5.31. The van der Waals surface area contributed by atoms with Crippen LogP contribution in [-0.4, -0.2) is 11.8 Å². The minimum absolute atomic E-state index is 0.216. The summed E-state index contributed by atoms with van der Waals surface area (Å²) in [5.41, 5.74) is 1.92. The van der Waals surface area contributed by atoms with Gasteiger partial charge in [0, 0.05) is 0 Å². The molecule has 0 fully saturated rings. The van der Waals surface area contributed by atoms with E-state index in [1.165, 1.54) is 0 Å². The summed E-state index contributed by atoms with van der Waals surface area (Å²) < 4.78 is 0. The molecular weight excluding hydrogens is 276 g/mol. The molecule has 2 atom stereocenters. The van der Waals surface area contributed by atoms with Crippen molar-refractivity contribution in [2.75, 3.05) is 0 Å². The van der Waals surface area contributed by atoms with Crippen LogP contribution in [-0.2, 0) is 9.59 Å². The average molecular weight is 296 g/mol. The molecule has 2 amide bonds. The molecule has 4 heteroatoms. The molecule has 22 heavy (non-hydrogen) atoms. The quantitative estimate of drug-likeness (QED) is 0.852. The monoisotopic (exact) mass is 296 g/mol. The van der Waals surface area contributed by atoms with Gasteiger partial charge in [-0.3, -0.25) is 9.59 Å². The highest BCUT2D eigenvalue weighted by atomic mass is 16.2. The van der Waals surface area contributed by atoms with Crippen LogP contribution in [0.3, 0.4) is 0 Å². The third kappa shape index (κ3) is 4.19. The first-order valence-corrected chi connectivity index (χ1v) is 7.29. The van der Waals surface area contributed by atoms with Gasteiger partial charge in [0.05, 0.1) is 12.1 Å². The summed E-state index contributed by atoms with van der Waals surface area (Å²) in [5, 5.41) is 5.40. The maximum atomic E-state index is 12.0. The second kappa shape index (κ2) is 7.41. The third-order valence-corrected chi connectivity index (χ3v) is 3.50. The lowest BCUT2D eigenvalue weighted by Crippen LogP contribution is -2.41. The fraction of sp³-hybridized carbons (Fsp3) is 0.222. The number of benzene rings is 2. The topological polar surface area (TPSA) is 58.2 Å². The first kappa shape index (κ1) is 15.8. The van der Waals surface area contributed by atoms with E-state index in [1.807, 2.05) is 74.5 Å². The molecule has 0 aliphatic carbocycles. The van der Waals surface area contributed by atoms with Crippen molar-refractivity contribution < 1.29 is 9.59 Å². The highest BCUT2D eigenvalue weighted by molar-refractivity contribution is 6.35. The lowest BCUT2D eigenvalue weighted by atomic mass is 10.1. The smallest absolute Gasteiger partial charge is 0.309 e. The van der Waals surface area contributed by atoms with Gasteiger partial charge in [-0.25, -0.2) is 0 Å². The van der Waals surface area contributed by atoms with Crippen molar-refractivity contribution in [3.63, 3.8) is 0 Å². The Morgan fingerprint density at radius 3 is 1.32 bits per heavy atom. The normalized spacial score (nSPS) is 13.0. The summed E-state index contributed by atoms with van der Waals surface area (Å²) >= 11 is 0. The van der Waals surface area contributed by atoms with E-state index in [-0.39, 0.29) is 12.1 Å². The second-order valence-electron chi connectivity index (χ2n) is 5.21. The van der Waals surface area contributed by atoms with Crippen molar-refractivity contribution >= 4 is 11.8 Å². The second-order valence-corrected chi connectivity index (χ2v) is 5.21. The van der Waals surface area contributed by atoms with Gasteiger partial charge in [-0.05, 0) is 25.0 Å². The van der Waals surface area contributed by atoms with Crippen LogP contribution in [0.2, 0.25) is 0 Å². The number of hydrogen-bond acceptors (Lipinski definition) is 2. The Balaban J connectivity index is 1.91. The highest BCUT2D eigenvalue weighted by Crippen LogP contribution is 2.12. The molecule has 2 rings (SSSR count). The molecule has 2 N–H and O–H groups in total.